The van der Waals surface area contributed by atoms with Gasteiger partial charge in [-0.05, 0) is 24.3 Å². The lowest BCUT2D eigenvalue weighted by Gasteiger charge is -2.16. The first-order valence-corrected chi connectivity index (χ1v) is 7.80. The highest BCUT2D eigenvalue weighted by atomic mass is 16.5. The summed E-state index contributed by atoms with van der Waals surface area (Å²) in [5.74, 6) is 0.745. The monoisotopic (exact) mass is 290 g/mol. The number of rotatable bonds is 8. The summed E-state index contributed by atoms with van der Waals surface area (Å²) in [6.45, 7) is 6.96. The highest BCUT2D eigenvalue weighted by Gasteiger charge is 2.30. The molecular weight excluding hydrogens is 264 g/mol. The lowest BCUT2D eigenvalue weighted by molar-refractivity contribution is -0.129. The highest BCUT2D eigenvalue weighted by Crippen LogP contribution is 2.11. The number of amides is 1. The van der Waals surface area contributed by atoms with E-state index < -0.39 is 0 Å². The molecule has 1 N–H and O–H groups in total. The number of carbonyl (C=O) groups excluding carboxylic acids is 1. The fraction of sp³-hybridized carbons (Fsp3) is 0.588. The van der Waals surface area contributed by atoms with E-state index in [-0.39, 0.29) is 11.9 Å². The molecule has 1 aromatic rings. The minimum Gasteiger partial charge on any atom is -0.379 e. The van der Waals surface area contributed by atoms with E-state index in [2.05, 4.69) is 31.3 Å². The van der Waals surface area contributed by atoms with E-state index >= 15 is 0 Å². The third kappa shape index (κ3) is 5.14. The Labute approximate surface area is 127 Å². The normalized spacial score (nSPS) is 18.7. The molecule has 1 amide bonds. The average molecular weight is 290 g/mol. The average Bonchev–Trinajstić information content (AvgIpc) is 2.83. The topological polar surface area (TPSA) is 41.6 Å². The number of hydrogen-bond acceptors (Lipinski definition) is 3. The highest BCUT2D eigenvalue weighted by molar-refractivity contribution is 5.83. The maximum absolute atomic E-state index is 12.3. The van der Waals surface area contributed by atoms with Gasteiger partial charge in [-0.25, -0.2) is 0 Å². The Morgan fingerprint density at radius 2 is 2.10 bits per heavy atom. The quantitative estimate of drug-likeness (QED) is 0.745. The summed E-state index contributed by atoms with van der Waals surface area (Å²) in [6.07, 6.45) is 1.79. The number of nitrogens with zero attached hydrogens (tertiary/aromatic N) is 1. The fourth-order valence-electron chi connectivity index (χ4n) is 2.47. The van der Waals surface area contributed by atoms with Crippen LogP contribution in [0.1, 0.15) is 25.8 Å². The van der Waals surface area contributed by atoms with Crippen molar-refractivity contribution >= 4 is 5.91 Å². The third-order valence-electron chi connectivity index (χ3n) is 3.66. The second-order valence-electron chi connectivity index (χ2n) is 6.01. The van der Waals surface area contributed by atoms with Gasteiger partial charge >= 0.3 is 0 Å². The minimum atomic E-state index is -0.0460. The van der Waals surface area contributed by atoms with Crippen LogP contribution < -0.4 is 5.32 Å². The van der Waals surface area contributed by atoms with Crippen LogP contribution in [0.2, 0.25) is 0 Å². The molecule has 1 aliphatic rings. The molecule has 21 heavy (non-hydrogen) atoms. The molecule has 116 valence electrons. The van der Waals surface area contributed by atoms with Crippen molar-refractivity contribution < 1.29 is 9.53 Å². The summed E-state index contributed by atoms with van der Waals surface area (Å²) in [6, 6.07) is 10.3. The number of carbonyl (C=O) groups is 1. The number of hydrogen-bond donors (Lipinski definition) is 1. The molecule has 0 spiro atoms. The number of aryl methyl sites for hydroxylation is 1. The van der Waals surface area contributed by atoms with Crippen molar-refractivity contribution in [2.75, 3.05) is 26.4 Å². The maximum atomic E-state index is 12.3. The van der Waals surface area contributed by atoms with Crippen molar-refractivity contribution in [2.24, 2.45) is 5.92 Å². The molecule has 0 saturated carbocycles. The van der Waals surface area contributed by atoms with Gasteiger partial charge in [-0.15, -0.1) is 0 Å². The van der Waals surface area contributed by atoms with Crippen molar-refractivity contribution in [3.05, 3.63) is 35.9 Å². The van der Waals surface area contributed by atoms with Crippen LogP contribution in [-0.4, -0.2) is 43.3 Å². The zero-order chi connectivity index (χ0) is 15.1. The molecule has 0 aliphatic carbocycles. The van der Waals surface area contributed by atoms with E-state index in [0.717, 1.165) is 19.4 Å². The predicted molar refractivity (Wildman–Crippen MR) is 83.9 cm³/mol. The Balaban J connectivity index is 1.69. The molecule has 1 unspecified atom stereocenters. The summed E-state index contributed by atoms with van der Waals surface area (Å²) >= 11 is 0. The standard InChI is InChI=1S/C17H26N2O2/c1-14(2)12-21-11-10-19-13-18-16(17(19)20)9-8-15-6-4-3-5-7-15/h3-7,14,16,18H,8-13H2,1-2H3. The summed E-state index contributed by atoms with van der Waals surface area (Å²) in [5, 5.41) is 3.30. The van der Waals surface area contributed by atoms with Crippen LogP contribution in [0.4, 0.5) is 0 Å². The van der Waals surface area contributed by atoms with Crippen LogP contribution in [0.5, 0.6) is 0 Å². The Bertz CT molecular complexity index is 434. The van der Waals surface area contributed by atoms with E-state index in [1.54, 1.807) is 0 Å². The molecule has 1 aromatic carbocycles. The molecule has 1 atom stereocenters. The van der Waals surface area contributed by atoms with Gasteiger partial charge in [0.05, 0.1) is 19.3 Å². The maximum Gasteiger partial charge on any atom is 0.240 e. The van der Waals surface area contributed by atoms with E-state index in [1.165, 1.54) is 5.56 Å². The molecule has 0 radical (unpaired) electrons. The lowest BCUT2D eigenvalue weighted by atomic mass is 10.1. The van der Waals surface area contributed by atoms with Crippen molar-refractivity contribution in [3.8, 4) is 0 Å². The number of nitrogens with one attached hydrogen (secondary N) is 1. The van der Waals surface area contributed by atoms with E-state index in [1.807, 2.05) is 23.1 Å². The van der Waals surface area contributed by atoms with Crippen LogP contribution in [-0.2, 0) is 16.0 Å². The third-order valence-corrected chi connectivity index (χ3v) is 3.66. The van der Waals surface area contributed by atoms with Gasteiger partial charge in [-0.3, -0.25) is 10.1 Å². The largest absolute Gasteiger partial charge is 0.379 e. The minimum absolute atomic E-state index is 0.0460. The zero-order valence-corrected chi connectivity index (χ0v) is 13.0. The Hall–Kier alpha value is -1.39. The summed E-state index contributed by atoms with van der Waals surface area (Å²) in [7, 11) is 0. The van der Waals surface area contributed by atoms with Gasteiger partial charge in [0.15, 0.2) is 0 Å². The molecule has 4 heteroatoms. The first-order chi connectivity index (χ1) is 10.2. The van der Waals surface area contributed by atoms with Gasteiger partial charge in [0.1, 0.15) is 0 Å². The summed E-state index contributed by atoms with van der Waals surface area (Å²) < 4.78 is 5.55. The molecule has 4 nitrogen and oxygen atoms in total. The van der Waals surface area contributed by atoms with Crippen molar-refractivity contribution in [2.45, 2.75) is 32.7 Å². The van der Waals surface area contributed by atoms with Crippen LogP contribution in [0.3, 0.4) is 0 Å². The molecule has 2 rings (SSSR count). The van der Waals surface area contributed by atoms with E-state index in [9.17, 15) is 4.79 Å². The van der Waals surface area contributed by atoms with Crippen LogP contribution in [0.15, 0.2) is 30.3 Å². The van der Waals surface area contributed by atoms with Gasteiger partial charge in [0, 0.05) is 13.2 Å². The Morgan fingerprint density at radius 1 is 1.33 bits per heavy atom. The lowest BCUT2D eigenvalue weighted by Crippen LogP contribution is -2.33. The number of benzene rings is 1. The molecule has 1 aliphatic heterocycles. The number of ether oxygens (including phenoxy) is 1. The van der Waals surface area contributed by atoms with Crippen LogP contribution in [0, 0.1) is 5.92 Å². The van der Waals surface area contributed by atoms with E-state index in [4.69, 9.17) is 4.74 Å². The molecule has 0 bridgehead atoms. The van der Waals surface area contributed by atoms with Gasteiger partial charge in [-0.1, -0.05) is 44.2 Å². The van der Waals surface area contributed by atoms with Gasteiger partial charge in [-0.2, -0.15) is 0 Å². The first kappa shape index (κ1) is 16.0. The van der Waals surface area contributed by atoms with Crippen molar-refractivity contribution in [3.63, 3.8) is 0 Å². The summed E-state index contributed by atoms with van der Waals surface area (Å²) in [4.78, 5) is 14.1. The molecule has 1 saturated heterocycles. The zero-order valence-electron chi connectivity index (χ0n) is 13.0. The Kier molecular flexibility index (Phi) is 6.21. The molecule has 1 fully saturated rings. The predicted octanol–water partition coefficient (Wildman–Crippen LogP) is 2.05. The van der Waals surface area contributed by atoms with Crippen molar-refractivity contribution in [1.29, 1.82) is 0 Å². The second kappa shape index (κ2) is 8.15. The van der Waals surface area contributed by atoms with Crippen LogP contribution >= 0.6 is 0 Å². The van der Waals surface area contributed by atoms with Crippen LogP contribution in [0.25, 0.3) is 0 Å². The van der Waals surface area contributed by atoms with Crippen molar-refractivity contribution in [1.82, 2.24) is 10.2 Å². The smallest absolute Gasteiger partial charge is 0.240 e. The van der Waals surface area contributed by atoms with Gasteiger partial charge < -0.3 is 9.64 Å². The SMILES string of the molecule is CC(C)COCCN1CNC(CCc2ccccc2)C1=O. The second-order valence-corrected chi connectivity index (χ2v) is 6.01. The fourth-order valence-corrected chi connectivity index (χ4v) is 2.47. The van der Waals surface area contributed by atoms with Gasteiger partial charge in [0.2, 0.25) is 5.91 Å². The Morgan fingerprint density at radius 3 is 2.81 bits per heavy atom. The molecule has 0 aromatic heterocycles. The molecule has 1 heterocycles. The molecular formula is C17H26N2O2. The summed E-state index contributed by atoms with van der Waals surface area (Å²) in [5.41, 5.74) is 1.28. The first-order valence-electron chi connectivity index (χ1n) is 7.80. The van der Waals surface area contributed by atoms with E-state index in [0.29, 0.717) is 25.7 Å². The van der Waals surface area contributed by atoms with Gasteiger partial charge in [0.25, 0.3) is 0 Å².